The average Bonchev–Trinajstić information content (AvgIpc) is 3.02. The molecule has 1 aliphatic heterocycles. The van der Waals surface area contributed by atoms with Crippen LogP contribution in [0.2, 0.25) is 0 Å². The van der Waals surface area contributed by atoms with Crippen molar-refractivity contribution in [3.63, 3.8) is 0 Å². The van der Waals surface area contributed by atoms with E-state index < -0.39 is 6.04 Å². The molecule has 7 heteroatoms. The normalized spacial score (nSPS) is 15.6. The van der Waals surface area contributed by atoms with Crippen molar-refractivity contribution < 1.29 is 9.59 Å². The maximum Gasteiger partial charge on any atom is 0.256 e. The molecular formula is C24H22N4O2S. The van der Waals surface area contributed by atoms with Gasteiger partial charge in [-0.25, -0.2) is 4.90 Å². The molecule has 0 radical (unpaired) electrons. The second-order valence-corrected chi connectivity index (χ2v) is 7.74. The molecule has 1 aliphatic rings. The monoisotopic (exact) mass is 430 g/mol. The first-order valence-electron chi connectivity index (χ1n) is 9.93. The Labute approximate surface area is 186 Å². The Hall–Kier alpha value is -3.71. The van der Waals surface area contributed by atoms with Crippen LogP contribution in [0, 0.1) is 6.92 Å². The molecule has 1 fully saturated rings. The Bertz CT molecular complexity index is 1120. The average molecular weight is 431 g/mol. The molecule has 1 heterocycles. The van der Waals surface area contributed by atoms with Gasteiger partial charge in [0.2, 0.25) is 5.91 Å². The standard InChI is InChI=1S/C24H22N4O2S/c1-16-10-12-20(13-11-16)28-22(29)15-21(23(28)30)25-18-8-5-9-19(14-18)27-24(31)26-17-6-3-2-4-7-17/h2-14,21,25H,15H2,1H3,(H2,26,27,31)/t21-/m1/s1. The van der Waals surface area contributed by atoms with Gasteiger partial charge in [-0.15, -0.1) is 0 Å². The molecule has 1 saturated heterocycles. The van der Waals surface area contributed by atoms with Gasteiger partial charge in [-0.05, 0) is 61.6 Å². The van der Waals surface area contributed by atoms with Crippen LogP contribution in [-0.4, -0.2) is 23.0 Å². The van der Waals surface area contributed by atoms with E-state index in [0.717, 1.165) is 22.6 Å². The molecular weight excluding hydrogens is 408 g/mol. The quantitative estimate of drug-likeness (QED) is 0.407. The summed E-state index contributed by atoms with van der Waals surface area (Å²) in [5, 5.41) is 9.89. The van der Waals surface area contributed by atoms with Gasteiger partial charge in [-0.1, -0.05) is 42.0 Å². The number of hydrogen-bond donors (Lipinski definition) is 3. The van der Waals surface area contributed by atoms with E-state index >= 15 is 0 Å². The summed E-state index contributed by atoms with van der Waals surface area (Å²) in [6.45, 7) is 1.96. The maximum atomic E-state index is 12.9. The van der Waals surface area contributed by atoms with Crippen molar-refractivity contribution in [2.24, 2.45) is 0 Å². The van der Waals surface area contributed by atoms with E-state index in [-0.39, 0.29) is 18.2 Å². The minimum Gasteiger partial charge on any atom is -0.373 e. The molecule has 0 unspecified atom stereocenters. The number of hydrogen-bond acceptors (Lipinski definition) is 4. The molecule has 3 N–H and O–H groups in total. The molecule has 156 valence electrons. The zero-order chi connectivity index (χ0) is 21.8. The van der Waals surface area contributed by atoms with Gasteiger partial charge >= 0.3 is 0 Å². The highest BCUT2D eigenvalue weighted by atomic mass is 32.1. The maximum absolute atomic E-state index is 12.9. The van der Waals surface area contributed by atoms with E-state index in [1.165, 1.54) is 4.90 Å². The van der Waals surface area contributed by atoms with E-state index in [9.17, 15) is 9.59 Å². The Morgan fingerprint density at radius 2 is 1.52 bits per heavy atom. The van der Waals surface area contributed by atoms with Crippen molar-refractivity contribution in [3.05, 3.63) is 84.4 Å². The number of anilines is 4. The van der Waals surface area contributed by atoms with Crippen molar-refractivity contribution in [1.82, 2.24) is 0 Å². The van der Waals surface area contributed by atoms with Crippen LogP contribution in [0.1, 0.15) is 12.0 Å². The van der Waals surface area contributed by atoms with Crippen molar-refractivity contribution in [2.75, 3.05) is 20.9 Å². The fourth-order valence-electron chi connectivity index (χ4n) is 3.41. The summed E-state index contributed by atoms with van der Waals surface area (Å²) < 4.78 is 0. The topological polar surface area (TPSA) is 73.5 Å². The number of imide groups is 1. The number of aryl methyl sites for hydroxylation is 1. The van der Waals surface area contributed by atoms with Crippen LogP contribution in [-0.2, 0) is 9.59 Å². The highest BCUT2D eigenvalue weighted by Crippen LogP contribution is 2.26. The molecule has 4 rings (SSSR count). The smallest absolute Gasteiger partial charge is 0.256 e. The number of rotatable bonds is 5. The van der Waals surface area contributed by atoms with Gasteiger partial charge < -0.3 is 16.0 Å². The Kier molecular flexibility index (Phi) is 5.95. The number of nitrogens with zero attached hydrogens (tertiary/aromatic N) is 1. The lowest BCUT2D eigenvalue weighted by atomic mass is 10.2. The van der Waals surface area contributed by atoms with Gasteiger partial charge in [0.25, 0.3) is 5.91 Å². The summed E-state index contributed by atoms with van der Waals surface area (Å²) >= 11 is 5.37. The molecule has 2 amide bonds. The summed E-state index contributed by atoms with van der Waals surface area (Å²) in [6, 6.07) is 23.8. The molecule has 0 bridgehead atoms. The van der Waals surface area contributed by atoms with Crippen LogP contribution in [0.3, 0.4) is 0 Å². The van der Waals surface area contributed by atoms with Gasteiger partial charge in [0, 0.05) is 17.1 Å². The van der Waals surface area contributed by atoms with Gasteiger partial charge in [0.1, 0.15) is 6.04 Å². The highest BCUT2D eigenvalue weighted by Gasteiger charge is 2.39. The van der Waals surface area contributed by atoms with Crippen LogP contribution in [0.15, 0.2) is 78.9 Å². The number of thiocarbonyl (C=S) groups is 1. The number of nitrogens with one attached hydrogen (secondary N) is 3. The molecule has 31 heavy (non-hydrogen) atoms. The molecule has 3 aromatic rings. The zero-order valence-corrected chi connectivity index (χ0v) is 17.8. The number of carbonyl (C=O) groups is 2. The summed E-state index contributed by atoms with van der Waals surface area (Å²) in [6.07, 6.45) is 0.109. The summed E-state index contributed by atoms with van der Waals surface area (Å²) in [4.78, 5) is 26.6. The molecule has 1 atom stereocenters. The van der Waals surface area contributed by atoms with Crippen molar-refractivity contribution in [2.45, 2.75) is 19.4 Å². The van der Waals surface area contributed by atoms with Crippen LogP contribution >= 0.6 is 12.2 Å². The third kappa shape index (κ3) is 4.90. The Morgan fingerprint density at radius 3 is 2.26 bits per heavy atom. The second-order valence-electron chi connectivity index (χ2n) is 7.33. The first-order valence-corrected chi connectivity index (χ1v) is 10.3. The Morgan fingerprint density at radius 1 is 0.871 bits per heavy atom. The largest absolute Gasteiger partial charge is 0.373 e. The van der Waals surface area contributed by atoms with Crippen LogP contribution < -0.4 is 20.9 Å². The molecule has 0 saturated carbocycles. The van der Waals surface area contributed by atoms with Gasteiger partial charge in [-0.3, -0.25) is 9.59 Å². The van der Waals surface area contributed by atoms with Crippen LogP contribution in [0.4, 0.5) is 22.7 Å². The summed E-state index contributed by atoms with van der Waals surface area (Å²) in [7, 11) is 0. The highest BCUT2D eigenvalue weighted by molar-refractivity contribution is 7.80. The summed E-state index contributed by atoms with van der Waals surface area (Å²) in [5.74, 6) is -0.470. The number of amides is 2. The minimum absolute atomic E-state index is 0.109. The van der Waals surface area contributed by atoms with Gasteiger partial charge in [0.05, 0.1) is 12.1 Å². The lowest BCUT2D eigenvalue weighted by molar-refractivity contribution is -0.121. The molecule has 3 aromatic carbocycles. The molecule has 0 aliphatic carbocycles. The van der Waals surface area contributed by atoms with E-state index in [4.69, 9.17) is 12.2 Å². The van der Waals surface area contributed by atoms with Crippen LogP contribution in [0.5, 0.6) is 0 Å². The summed E-state index contributed by atoms with van der Waals surface area (Å²) in [5.41, 5.74) is 4.05. The molecule has 0 aromatic heterocycles. The van der Waals surface area contributed by atoms with E-state index in [2.05, 4.69) is 16.0 Å². The predicted molar refractivity (Wildman–Crippen MR) is 128 cm³/mol. The van der Waals surface area contributed by atoms with Crippen molar-refractivity contribution >= 4 is 51.9 Å². The first kappa shape index (κ1) is 20.6. The van der Waals surface area contributed by atoms with E-state index in [1.54, 1.807) is 12.1 Å². The third-order valence-electron chi connectivity index (χ3n) is 4.93. The third-order valence-corrected chi connectivity index (χ3v) is 5.14. The SMILES string of the molecule is Cc1ccc(N2C(=O)C[C@@H](Nc3cccc(NC(=S)Nc4ccccc4)c3)C2=O)cc1. The van der Waals surface area contributed by atoms with Crippen LogP contribution in [0.25, 0.3) is 0 Å². The fraction of sp³-hybridized carbons (Fsp3) is 0.125. The Balaban J connectivity index is 1.41. The fourth-order valence-corrected chi connectivity index (χ4v) is 3.65. The molecule has 6 nitrogen and oxygen atoms in total. The van der Waals surface area contributed by atoms with Gasteiger partial charge in [0.15, 0.2) is 5.11 Å². The van der Waals surface area contributed by atoms with Crippen molar-refractivity contribution in [1.29, 1.82) is 0 Å². The van der Waals surface area contributed by atoms with Gasteiger partial charge in [-0.2, -0.15) is 0 Å². The second kappa shape index (κ2) is 8.97. The van der Waals surface area contributed by atoms with E-state index in [1.807, 2.05) is 73.7 Å². The predicted octanol–water partition coefficient (Wildman–Crippen LogP) is 4.55. The number of carbonyl (C=O) groups excluding carboxylic acids is 2. The first-order chi connectivity index (χ1) is 15.0. The van der Waals surface area contributed by atoms with Crippen molar-refractivity contribution in [3.8, 4) is 0 Å². The van der Waals surface area contributed by atoms with E-state index in [0.29, 0.717) is 10.8 Å². The lowest BCUT2D eigenvalue weighted by Gasteiger charge is -2.17. The number of benzene rings is 3. The zero-order valence-electron chi connectivity index (χ0n) is 17.0. The minimum atomic E-state index is -0.613. The molecule has 0 spiro atoms. The number of para-hydroxylation sites is 1. The lowest BCUT2D eigenvalue weighted by Crippen LogP contribution is -2.34.